The monoisotopic (exact) mass is 453 g/mol. The van der Waals surface area contributed by atoms with Crippen molar-refractivity contribution in [1.82, 2.24) is 14.8 Å². The van der Waals surface area contributed by atoms with E-state index < -0.39 is 0 Å². The molecule has 1 N–H and O–H groups in total. The summed E-state index contributed by atoms with van der Waals surface area (Å²) in [7, 11) is 3.76. The van der Waals surface area contributed by atoms with Gasteiger partial charge in [-0.1, -0.05) is 19.1 Å². The third kappa shape index (κ3) is 5.47. The van der Waals surface area contributed by atoms with Gasteiger partial charge in [-0.15, -0.1) is 0 Å². The molecule has 1 aliphatic heterocycles. The van der Waals surface area contributed by atoms with Crippen LogP contribution >= 0.6 is 0 Å². The fraction of sp³-hybridized carbons (Fsp3) is 0.538. The highest BCUT2D eigenvalue weighted by Crippen LogP contribution is 2.32. The molecule has 1 aromatic heterocycles. The Kier molecular flexibility index (Phi) is 7.20. The van der Waals surface area contributed by atoms with Crippen LogP contribution in [0.15, 0.2) is 36.5 Å². The lowest BCUT2D eigenvalue weighted by Crippen LogP contribution is -2.50. The number of carbonyl (C=O) groups excluding carboxylic acids is 1. The zero-order valence-corrected chi connectivity index (χ0v) is 20.0. The van der Waals surface area contributed by atoms with Gasteiger partial charge in [0.2, 0.25) is 5.88 Å². The van der Waals surface area contributed by atoms with Gasteiger partial charge in [-0.3, -0.25) is 4.79 Å². The number of amides is 1. The minimum Gasteiger partial charge on any atom is -0.497 e. The number of ether oxygens (including phenoxy) is 2. The van der Waals surface area contributed by atoms with Crippen molar-refractivity contribution in [3.63, 3.8) is 0 Å². The number of fused-ring (bicyclic) bond motifs is 1. The lowest BCUT2D eigenvalue weighted by atomic mass is 9.99. The number of aromatic nitrogens is 1. The molecule has 0 unspecified atom stereocenters. The molecule has 0 radical (unpaired) electrons. The lowest BCUT2D eigenvalue weighted by molar-refractivity contribution is 0.0328. The van der Waals surface area contributed by atoms with Crippen LogP contribution in [0.5, 0.6) is 11.6 Å². The SMILES string of the molecule is COc1cccc(-c2cnc3c(c2)C(=O)N([C@H](C)CO)C[C@@H](C)[C@@H](CN(C)CC2CC2)O3)c1. The summed E-state index contributed by atoms with van der Waals surface area (Å²) in [4.78, 5) is 22.3. The molecule has 1 aromatic carbocycles. The number of carbonyl (C=O) groups is 1. The predicted octanol–water partition coefficient (Wildman–Crippen LogP) is 3.32. The number of rotatable bonds is 8. The molecular weight excluding hydrogens is 418 g/mol. The summed E-state index contributed by atoms with van der Waals surface area (Å²) >= 11 is 0. The summed E-state index contributed by atoms with van der Waals surface area (Å²) in [6.45, 7) is 6.24. The second-order valence-corrected chi connectivity index (χ2v) is 9.60. The maximum atomic E-state index is 13.6. The Morgan fingerprint density at radius 1 is 1.27 bits per heavy atom. The summed E-state index contributed by atoms with van der Waals surface area (Å²) in [5, 5.41) is 9.85. The van der Waals surface area contributed by atoms with E-state index in [-0.39, 0.29) is 30.6 Å². The Labute approximate surface area is 196 Å². The largest absolute Gasteiger partial charge is 0.497 e. The van der Waals surface area contributed by atoms with Crippen molar-refractivity contribution in [2.75, 3.05) is 40.4 Å². The number of nitrogens with zero attached hydrogens (tertiary/aromatic N) is 3. The van der Waals surface area contributed by atoms with Crippen LogP contribution in [0.2, 0.25) is 0 Å². The van der Waals surface area contributed by atoms with Crippen molar-refractivity contribution in [2.24, 2.45) is 11.8 Å². The van der Waals surface area contributed by atoms with Crippen LogP contribution in [0.25, 0.3) is 11.1 Å². The second kappa shape index (κ2) is 10.1. The lowest BCUT2D eigenvalue weighted by Gasteiger charge is -2.37. The highest BCUT2D eigenvalue weighted by molar-refractivity contribution is 5.98. The molecule has 178 valence electrons. The van der Waals surface area contributed by atoms with E-state index in [1.165, 1.54) is 12.8 Å². The van der Waals surface area contributed by atoms with Gasteiger partial charge in [0.05, 0.1) is 19.8 Å². The number of methoxy groups -OCH3 is 1. The average molecular weight is 454 g/mol. The van der Waals surface area contributed by atoms with E-state index in [1.807, 2.05) is 37.3 Å². The maximum Gasteiger partial charge on any atom is 0.259 e. The highest BCUT2D eigenvalue weighted by Gasteiger charge is 2.35. The zero-order chi connectivity index (χ0) is 23.5. The van der Waals surface area contributed by atoms with Gasteiger partial charge >= 0.3 is 0 Å². The van der Waals surface area contributed by atoms with Crippen molar-refractivity contribution in [3.05, 3.63) is 42.1 Å². The first-order chi connectivity index (χ1) is 15.9. The number of aliphatic hydroxyl groups excluding tert-OH is 1. The highest BCUT2D eigenvalue weighted by atomic mass is 16.5. The third-order valence-electron chi connectivity index (χ3n) is 6.68. The van der Waals surface area contributed by atoms with E-state index >= 15 is 0 Å². The topological polar surface area (TPSA) is 75.1 Å². The van der Waals surface area contributed by atoms with E-state index in [0.29, 0.717) is 18.0 Å². The molecule has 33 heavy (non-hydrogen) atoms. The van der Waals surface area contributed by atoms with Crippen LogP contribution < -0.4 is 9.47 Å². The standard InChI is InChI=1S/C26H35N3O4/c1-17-13-29(18(2)16-30)26(31)23-11-21(20-6-5-7-22(10-20)32-4)12-27-25(23)33-24(17)15-28(3)14-19-8-9-19/h5-7,10-12,17-19,24,30H,8-9,13-16H2,1-4H3/t17-,18-,24-/m1/s1. The smallest absolute Gasteiger partial charge is 0.259 e. The molecule has 1 amide bonds. The molecule has 7 nitrogen and oxygen atoms in total. The van der Waals surface area contributed by atoms with E-state index in [9.17, 15) is 9.90 Å². The van der Waals surface area contributed by atoms with Crippen LogP contribution in [-0.4, -0.2) is 78.3 Å². The van der Waals surface area contributed by atoms with E-state index in [1.54, 1.807) is 18.2 Å². The number of likely N-dealkylation sites (N-methyl/N-ethyl adjacent to an activating group) is 1. The molecule has 0 bridgehead atoms. The first kappa shape index (κ1) is 23.5. The molecule has 7 heteroatoms. The Hall–Kier alpha value is -2.64. The number of pyridine rings is 1. The summed E-state index contributed by atoms with van der Waals surface area (Å²) in [5.74, 6) is 1.82. The van der Waals surface area contributed by atoms with Crippen LogP contribution in [-0.2, 0) is 0 Å². The number of aliphatic hydroxyl groups is 1. The molecule has 2 aliphatic rings. The molecule has 1 aliphatic carbocycles. The van der Waals surface area contributed by atoms with Gasteiger partial charge in [0, 0.05) is 37.3 Å². The first-order valence-electron chi connectivity index (χ1n) is 11.8. The Balaban J connectivity index is 1.69. The quantitative estimate of drug-likeness (QED) is 0.661. The molecule has 0 saturated heterocycles. The van der Waals surface area contributed by atoms with Crippen molar-refractivity contribution in [2.45, 2.75) is 38.8 Å². The van der Waals surface area contributed by atoms with Gasteiger partial charge < -0.3 is 24.4 Å². The van der Waals surface area contributed by atoms with Gasteiger partial charge in [-0.05, 0) is 56.5 Å². The van der Waals surface area contributed by atoms with E-state index in [2.05, 4.69) is 23.9 Å². The number of benzene rings is 1. The molecule has 1 saturated carbocycles. The fourth-order valence-electron chi connectivity index (χ4n) is 4.40. The van der Waals surface area contributed by atoms with E-state index in [4.69, 9.17) is 9.47 Å². The number of hydrogen-bond donors (Lipinski definition) is 1. The summed E-state index contributed by atoms with van der Waals surface area (Å²) < 4.78 is 11.8. The van der Waals surface area contributed by atoms with E-state index in [0.717, 1.165) is 35.9 Å². The van der Waals surface area contributed by atoms with Gasteiger partial charge in [0.15, 0.2) is 0 Å². The minimum atomic E-state index is -0.295. The van der Waals surface area contributed by atoms with Crippen molar-refractivity contribution in [1.29, 1.82) is 0 Å². The van der Waals surface area contributed by atoms with Crippen molar-refractivity contribution in [3.8, 4) is 22.8 Å². The normalized spacial score (nSPS) is 21.8. The Morgan fingerprint density at radius 2 is 2.06 bits per heavy atom. The zero-order valence-electron chi connectivity index (χ0n) is 20.0. The first-order valence-corrected chi connectivity index (χ1v) is 11.8. The van der Waals surface area contributed by atoms with Gasteiger partial charge in [0.1, 0.15) is 17.4 Å². The average Bonchev–Trinajstić information content (AvgIpc) is 3.64. The molecule has 2 heterocycles. The molecule has 4 rings (SSSR count). The molecule has 0 spiro atoms. The van der Waals surface area contributed by atoms with Crippen LogP contribution in [0, 0.1) is 11.8 Å². The van der Waals surface area contributed by atoms with Crippen molar-refractivity contribution < 1.29 is 19.4 Å². The second-order valence-electron chi connectivity index (χ2n) is 9.60. The summed E-state index contributed by atoms with van der Waals surface area (Å²) in [6, 6.07) is 9.23. The van der Waals surface area contributed by atoms with Crippen LogP contribution in [0.3, 0.4) is 0 Å². The fourth-order valence-corrected chi connectivity index (χ4v) is 4.40. The predicted molar refractivity (Wildman–Crippen MR) is 128 cm³/mol. The Morgan fingerprint density at radius 3 is 2.76 bits per heavy atom. The summed E-state index contributed by atoms with van der Waals surface area (Å²) in [6.07, 6.45) is 4.25. The van der Waals surface area contributed by atoms with Gasteiger partial charge in [0.25, 0.3) is 5.91 Å². The van der Waals surface area contributed by atoms with Crippen LogP contribution in [0.4, 0.5) is 0 Å². The maximum absolute atomic E-state index is 13.6. The van der Waals surface area contributed by atoms with Gasteiger partial charge in [-0.2, -0.15) is 0 Å². The van der Waals surface area contributed by atoms with Gasteiger partial charge in [-0.25, -0.2) is 4.98 Å². The molecule has 2 aromatic rings. The minimum absolute atomic E-state index is 0.0933. The molecule has 3 atom stereocenters. The molecular formula is C26H35N3O4. The Bertz CT molecular complexity index is 978. The number of hydrogen-bond acceptors (Lipinski definition) is 6. The third-order valence-corrected chi connectivity index (χ3v) is 6.68. The van der Waals surface area contributed by atoms with Crippen LogP contribution in [0.1, 0.15) is 37.0 Å². The van der Waals surface area contributed by atoms with Crippen molar-refractivity contribution >= 4 is 5.91 Å². The summed E-state index contributed by atoms with van der Waals surface area (Å²) in [5.41, 5.74) is 2.16. The molecule has 1 fully saturated rings.